The molecule has 0 atom stereocenters. The first kappa shape index (κ1) is 18.0. The van der Waals surface area contributed by atoms with Crippen LogP contribution in [0.25, 0.3) is 0 Å². The first-order valence-electron chi connectivity index (χ1n) is 8.94. The lowest BCUT2D eigenvalue weighted by Crippen LogP contribution is -2.31. The topological polar surface area (TPSA) is 45.2 Å². The summed E-state index contributed by atoms with van der Waals surface area (Å²) in [5.41, 5.74) is 1.70. The number of carbonyl (C=O) groups is 1. The summed E-state index contributed by atoms with van der Waals surface area (Å²) >= 11 is 1.76. The second-order valence-corrected chi connectivity index (χ2v) is 7.42. The first-order chi connectivity index (χ1) is 12.3. The lowest BCUT2D eigenvalue weighted by atomic mass is 10.1. The average molecular weight is 356 g/mol. The number of pyridine rings is 1. The summed E-state index contributed by atoms with van der Waals surface area (Å²) in [6, 6.07) is 13.7. The van der Waals surface area contributed by atoms with Crippen molar-refractivity contribution in [2.24, 2.45) is 0 Å². The summed E-state index contributed by atoms with van der Waals surface area (Å²) in [6.45, 7) is 4.11. The van der Waals surface area contributed by atoms with Gasteiger partial charge in [-0.1, -0.05) is 36.8 Å². The van der Waals surface area contributed by atoms with E-state index in [9.17, 15) is 4.79 Å². The summed E-state index contributed by atoms with van der Waals surface area (Å²) in [4.78, 5) is 19.1. The van der Waals surface area contributed by atoms with Gasteiger partial charge in [0.05, 0.1) is 10.6 Å². The number of hydrogen-bond acceptors (Lipinski definition) is 4. The Kier molecular flexibility index (Phi) is 6.89. The molecular formula is C20H25N3OS. The molecular weight excluding hydrogens is 330 g/mol. The maximum absolute atomic E-state index is 12.2. The van der Waals surface area contributed by atoms with Crippen LogP contribution in [-0.4, -0.2) is 41.2 Å². The molecule has 0 unspecified atom stereocenters. The summed E-state index contributed by atoms with van der Waals surface area (Å²) < 4.78 is 0. The van der Waals surface area contributed by atoms with Crippen LogP contribution in [0.3, 0.4) is 0 Å². The van der Waals surface area contributed by atoms with E-state index in [1.165, 1.54) is 32.4 Å². The van der Waals surface area contributed by atoms with Crippen LogP contribution in [0.15, 0.2) is 53.7 Å². The minimum absolute atomic E-state index is 0.0822. The fourth-order valence-electron chi connectivity index (χ4n) is 2.94. The molecule has 132 valence electrons. The largest absolute Gasteiger partial charge is 0.348 e. The third kappa shape index (κ3) is 5.87. The Labute approximate surface area is 154 Å². The van der Waals surface area contributed by atoms with Gasteiger partial charge in [-0.05, 0) is 43.6 Å². The molecule has 1 N–H and O–H groups in total. The van der Waals surface area contributed by atoms with Gasteiger partial charge in [0, 0.05) is 25.0 Å². The van der Waals surface area contributed by atoms with E-state index in [1.807, 2.05) is 42.5 Å². The van der Waals surface area contributed by atoms with Gasteiger partial charge in [-0.3, -0.25) is 4.79 Å². The Morgan fingerprint density at radius 1 is 1.08 bits per heavy atom. The summed E-state index contributed by atoms with van der Waals surface area (Å²) in [7, 11) is 0. The highest BCUT2D eigenvalue weighted by Crippen LogP contribution is 2.17. The van der Waals surface area contributed by atoms with Crippen LogP contribution in [0.1, 0.15) is 35.2 Å². The van der Waals surface area contributed by atoms with Gasteiger partial charge in [0.25, 0.3) is 5.91 Å². The molecule has 2 heterocycles. The number of aromatic nitrogens is 1. The number of benzene rings is 1. The lowest BCUT2D eigenvalue weighted by Gasteiger charge is -2.25. The number of amides is 1. The number of likely N-dealkylation sites (tertiary alicyclic amines) is 1. The zero-order chi connectivity index (χ0) is 17.3. The Balaban J connectivity index is 1.42. The first-order valence-corrected chi connectivity index (χ1v) is 9.93. The third-order valence-corrected chi connectivity index (χ3v) is 5.32. The molecule has 1 aliphatic heterocycles. The predicted molar refractivity (Wildman–Crippen MR) is 103 cm³/mol. The molecule has 1 saturated heterocycles. The van der Waals surface area contributed by atoms with E-state index < -0.39 is 0 Å². The smallest absolute Gasteiger partial charge is 0.253 e. The highest BCUT2D eigenvalue weighted by atomic mass is 32.2. The van der Waals surface area contributed by atoms with Gasteiger partial charge in [0.15, 0.2) is 0 Å². The van der Waals surface area contributed by atoms with Crippen molar-refractivity contribution in [3.8, 4) is 0 Å². The van der Waals surface area contributed by atoms with E-state index in [2.05, 4.69) is 15.2 Å². The molecule has 0 bridgehead atoms. The number of rotatable bonds is 7. The maximum atomic E-state index is 12.2. The molecule has 5 heteroatoms. The number of carbonyl (C=O) groups excluding carboxylic acids is 1. The third-order valence-electron chi connectivity index (χ3n) is 4.40. The fourth-order valence-corrected chi connectivity index (χ4v) is 3.79. The molecule has 2 aromatic rings. The van der Waals surface area contributed by atoms with E-state index in [1.54, 1.807) is 18.0 Å². The van der Waals surface area contributed by atoms with E-state index in [-0.39, 0.29) is 5.91 Å². The van der Waals surface area contributed by atoms with Gasteiger partial charge in [0.1, 0.15) is 0 Å². The molecule has 3 rings (SSSR count). The normalized spacial score (nSPS) is 15.0. The van der Waals surface area contributed by atoms with Crippen molar-refractivity contribution in [3.63, 3.8) is 0 Å². The van der Waals surface area contributed by atoms with Crippen LogP contribution >= 0.6 is 11.8 Å². The van der Waals surface area contributed by atoms with Crippen LogP contribution in [0.2, 0.25) is 0 Å². The second kappa shape index (κ2) is 9.59. The van der Waals surface area contributed by atoms with Crippen LogP contribution in [0.5, 0.6) is 0 Å². The highest BCUT2D eigenvalue weighted by molar-refractivity contribution is 7.99. The predicted octanol–water partition coefficient (Wildman–Crippen LogP) is 3.59. The van der Waals surface area contributed by atoms with Crippen molar-refractivity contribution in [1.82, 2.24) is 15.2 Å². The van der Waals surface area contributed by atoms with Crippen molar-refractivity contribution >= 4 is 17.7 Å². The van der Waals surface area contributed by atoms with Gasteiger partial charge in [-0.25, -0.2) is 4.98 Å². The van der Waals surface area contributed by atoms with Gasteiger partial charge >= 0.3 is 0 Å². The summed E-state index contributed by atoms with van der Waals surface area (Å²) in [5, 5.41) is 3.91. The Morgan fingerprint density at radius 3 is 2.60 bits per heavy atom. The van der Waals surface area contributed by atoms with Gasteiger partial charge < -0.3 is 10.2 Å². The molecule has 0 aliphatic carbocycles. The van der Waals surface area contributed by atoms with Crippen LogP contribution < -0.4 is 5.32 Å². The van der Waals surface area contributed by atoms with Crippen molar-refractivity contribution in [1.29, 1.82) is 0 Å². The van der Waals surface area contributed by atoms with E-state index in [4.69, 9.17) is 0 Å². The Hall–Kier alpha value is -1.85. The monoisotopic (exact) mass is 355 g/mol. The van der Waals surface area contributed by atoms with Crippen molar-refractivity contribution < 1.29 is 4.79 Å². The van der Waals surface area contributed by atoms with Crippen LogP contribution in [0.4, 0.5) is 0 Å². The number of hydrogen-bond donors (Lipinski definition) is 1. The summed E-state index contributed by atoms with van der Waals surface area (Å²) in [6.07, 6.45) is 5.70. The fraction of sp³-hybridized carbons (Fsp3) is 0.400. The van der Waals surface area contributed by atoms with E-state index in [0.717, 1.165) is 22.9 Å². The maximum Gasteiger partial charge on any atom is 0.253 e. The van der Waals surface area contributed by atoms with Crippen molar-refractivity contribution in [2.75, 3.05) is 25.4 Å². The van der Waals surface area contributed by atoms with Gasteiger partial charge in [-0.15, -0.1) is 11.8 Å². The molecule has 1 amide bonds. The van der Waals surface area contributed by atoms with Crippen LogP contribution in [-0.2, 0) is 6.54 Å². The quantitative estimate of drug-likeness (QED) is 0.771. The van der Waals surface area contributed by atoms with Crippen molar-refractivity contribution in [2.45, 2.75) is 30.8 Å². The molecule has 4 nitrogen and oxygen atoms in total. The highest BCUT2D eigenvalue weighted by Gasteiger charge is 2.10. The van der Waals surface area contributed by atoms with Gasteiger partial charge in [0.2, 0.25) is 0 Å². The average Bonchev–Trinajstić information content (AvgIpc) is 2.68. The molecule has 0 radical (unpaired) electrons. The molecule has 0 spiro atoms. The van der Waals surface area contributed by atoms with E-state index in [0.29, 0.717) is 12.1 Å². The molecule has 1 fully saturated rings. The second-order valence-electron chi connectivity index (χ2n) is 6.30. The zero-order valence-corrected chi connectivity index (χ0v) is 15.3. The SMILES string of the molecule is O=C(NCc1ccccc1)c1ccc(SCCN2CCCCC2)nc1. The number of nitrogens with one attached hydrogen (secondary N) is 1. The Morgan fingerprint density at radius 2 is 1.88 bits per heavy atom. The standard InChI is InChI=1S/C20H25N3OS/c24-20(22-15-17-7-3-1-4-8-17)18-9-10-19(21-16-18)25-14-13-23-11-5-2-6-12-23/h1,3-4,7-10,16H,2,5-6,11-15H2,(H,22,24). The lowest BCUT2D eigenvalue weighted by molar-refractivity contribution is 0.0950. The number of piperidine rings is 1. The summed E-state index contributed by atoms with van der Waals surface area (Å²) in [5.74, 6) is 0.966. The molecule has 25 heavy (non-hydrogen) atoms. The van der Waals surface area contributed by atoms with Crippen molar-refractivity contribution in [3.05, 3.63) is 59.8 Å². The molecule has 1 aliphatic rings. The number of thioether (sulfide) groups is 1. The Bertz CT molecular complexity index is 654. The van der Waals surface area contributed by atoms with E-state index >= 15 is 0 Å². The molecule has 1 aromatic carbocycles. The molecule has 1 aromatic heterocycles. The zero-order valence-electron chi connectivity index (χ0n) is 14.5. The van der Waals surface area contributed by atoms with Crippen LogP contribution in [0, 0.1) is 0 Å². The minimum Gasteiger partial charge on any atom is -0.348 e. The molecule has 0 saturated carbocycles. The van der Waals surface area contributed by atoms with Gasteiger partial charge in [-0.2, -0.15) is 0 Å². The number of nitrogens with zero attached hydrogens (tertiary/aromatic N) is 2. The minimum atomic E-state index is -0.0822.